The van der Waals surface area contributed by atoms with Crippen molar-refractivity contribution in [3.8, 4) is 0 Å². The molecule has 20 heavy (non-hydrogen) atoms. The minimum Gasteiger partial charge on any atom is -0.481 e. The Balaban J connectivity index is 3.28. The number of hydrogen-bond donors (Lipinski definition) is 1. The smallest absolute Gasteiger partial charge is 0.309 e. The van der Waals surface area contributed by atoms with Crippen molar-refractivity contribution in [1.29, 1.82) is 0 Å². The fourth-order valence-electron chi connectivity index (χ4n) is 1.76. The number of nitrogens with zero attached hydrogens (tertiary/aromatic N) is 2. The molecule has 0 aromatic heterocycles. The van der Waals surface area contributed by atoms with E-state index in [1.807, 2.05) is 0 Å². The van der Waals surface area contributed by atoms with E-state index in [-0.39, 0.29) is 18.4 Å². The fourth-order valence-corrected chi connectivity index (χ4v) is 1.76. The average Bonchev–Trinajstić information content (AvgIpc) is 2.38. The molecular weight excluding hydrogens is 268 g/mol. The van der Waals surface area contributed by atoms with Crippen LogP contribution in [-0.2, 0) is 11.2 Å². The number of aliphatic carboxylic acids is 1. The van der Waals surface area contributed by atoms with Gasteiger partial charge in [0.2, 0.25) is 0 Å². The van der Waals surface area contributed by atoms with Gasteiger partial charge in [0.1, 0.15) is 0 Å². The van der Waals surface area contributed by atoms with Gasteiger partial charge in [-0.25, -0.2) is 0 Å². The van der Waals surface area contributed by atoms with Crippen LogP contribution in [0.25, 0.3) is 0 Å². The molecule has 0 saturated heterocycles. The second-order valence-corrected chi connectivity index (χ2v) is 4.72. The monoisotopic (exact) mass is 282 g/mol. The number of nitro benzene ring substituents is 2. The lowest BCUT2D eigenvalue weighted by Crippen LogP contribution is -2.29. The third kappa shape index (κ3) is 3.08. The molecule has 0 heterocycles. The molecule has 1 N–H and O–H groups in total. The molecule has 0 bridgehead atoms. The van der Waals surface area contributed by atoms with E-state index in [0.29, 0.717) is 0 Å². The predicted molar refractivity (Wildman–Crippen MR) is 69.5 cm³/mol. The van der Waals surface area contributed by atoms with Gasteiger partial charge in [-0.1, -0.05) is 6.92 Å². The highest BCUT2D eigenvalue weighted by atomic mass is 16.6. The van der Waals surface area contributed by atoms with Crippen LogP contribution in [0.4, 0.5) is 11.4 Å². The van der Waals surface area contributed by atoms with Gasteiger partial charge in [0.25, 0.3) is 11.4 Å². The van der Waals surface area contributed by atoms with Crippen LogP contribution in [0.2, 0.25) is 0 Å². The minimum atomic E-state index is -1.15. The van der Waals surface area contributed by atoms with Gasteiger partial charge in [0, 0.05) is 11.6 Å². The van der Waals surface area contributed by atoms with Crippen molar-refractivity contribution in [3.63, 3.8) is 0 Å². The molecule has 0 radical (unpaired) electrons. The molecule has 0 amide bonds. The van der Waals surface area contributed by atoms with Gasteiger partial charge in [0.05, 0.1) is 21.3 Å². The second-order valence-electron chi connectivity index (χ2n) is 4.72. The van der Waals surface area contributed by atoms with E-state index in [1.54, 1.807) is 6.92 Å². The third-order valence-corrected chi connectivity index (χ3v) is 3.35. The van der Waals surface area contributed by atoms with Crippen molar-refractivity contribution in [2.24, 2.45) is 5.41 Å². The Morgan fingerprint density at radius 2 is 1.90 bits per heavy atom. The molecule has 0 aliphatic rings. The first-order valence-corrected chi connectivity index (χ1v) is 5.86. The van der Waals surface area contributed by atoms with Crippen molar-refractivity contribution in [1.82, 2.24) is 0 Å². The topological polar surface area (TPSA) is 124 Å². The van der Waals surface area contributed by atoms with E-state index < -0.39 is 32.6 Å². The quantitative estimate of drug-likeness (QED) is 0.631. The maximum absolute atomic E-state index is 11.2. The van der Waals surface area contributed by atoms with Crippen molar-refractivity contribution < 1.29 is 19.7 Å². The summed E-state index contributed by atoms with van der Waals surface area (Å²) in [5.74, 6) is -1.06. The Kier molecular flexibility index (Phi) is 4.38. The summed E-state index contributed by atoms with van der Waals surface area (Å²) in [5.41, 5.74) is -1.80. The van der Waals surface area contributed by atoms with E-state index >= 15 is 0 Å². The summed E-state index contributed by atoms with van der Waals surface area (Å²) in [5, 5.41) is 30.8. The summed E-state index contributed by atoms with van der Waals surface area (Å²) >= 11 is 0. The minimum absolute atomic E-state index is 0.0624. The van der Waals surface area contributed by atoms with Crippen LogP contribution < -0.4 is 0 Å². The van der Waals surface area contributed by atoms with E-state index in [2.05, 4.69) is 0 Å². The summed E-state index contributed by atoms with van der Waals surface area (Å²) in [7, 11) is 0. The van der Waals surface area contributed by atoms with Crippen LogP contribution in [0.1, 0.15) is 25.8 Å². The normalized spacial score (nSPS) is 13.5. The molecule has 1 unspecified atom stereocenters. The van der Waals surface area contributed by atoms with Gasteiger partial charge in [-0.3, -0.25) is 25.0 Å². The highest BCUT2D eigenvalue weighted by Crippen LogP contribution is 2.33. The van der Waals surface area contributed by atoms with Crippen LogP contribution in [0.15, 0.2) is 18.2 Å². The molecule has 0 aliphatic carbocycles. The third-order valence-electron chi connectivity index (χ3n) is 3.35. The lowest BCUT2D eigenvalue weighted by Gasteiger charge is -2.22. The predicted octanol–water partition coefficient (Wildman–Crippen LogP) is 2.55. The van der Waals surface area contributed by atoms with Gasteiger partial charge in [-0.05, 0) is 25.8 Å². The molecule has 0 aliphatic heterocycles. The number of carboxylic acid groups (broad SMARTS) is 1. The Morgan fingerprint density at radius 1 is 1.30 bits per heavy atom. The van der Waals surface area contributed by atoms with Gasteiger partial charge in [0.15, 0.2) is 0 Å². The van der Waals surface area contributed by atoms with Crippen molar-refractivity contribution >= 4 is 17.3 Å². The number of nitro groups is 2. The molecule has 0 spiro atoms. The molecule has 8 heteroatoms. The van der Waals surface area contributed by atoms with Crippen molar-refractivity contribution in [3.05, 3.63) is 44.0 Å². The zero-order valence-electron chi connectivity index (χ0n) is 11.0. The van der Waals surface area contributed by atoms with Gasteiger partial charge in [-0.15, -0.1) is 0 Å². The first-order valence-electron chi connectivity index (χ1n) is 5.86. The van der Waals surface area contributed by atoms with Crippen LogP contribution in [0.3, 0.4) is 0 Å². The summed E-state index contributed by atoms with van der Waals surface area (Å²) in [6, 6.07) is 3.24. The van der Waals surface area contributed by atoms with Crippen molar-refractivity contribution in [2.45, 2.75) is 26.7 Å². The highest BCUT2D eigenvalue weighted by Gasteiger charge is 2.34. The largest absolute Gasteiger partial charge is 0.481 e. The number of carboxylic acids is 1. The summed E-state index contributed by atoms with van der Waals surface area (Å²) in [4.78, 5) is 31.4. The van der Waals surface area contributed by atoms with Crippen molar-refractivity contribution in [2.75, 3.05) is 0 Å². The molecular formula is C12H14N2O6. The lowest BCUT2D eigenvalue weighted by atomic mass is 9.81. The first-order chi connectivity index (χ1) is 9.21. The zero-order chi connectivity index (χ0) is 15.5. The Morgan fingerprint density at radius 3 is 2.30 bits per heavy atom. The number of non-ortho nitro benzene ring substituents is 1. The molecule has 0 saturated carbocycles. The maximum Gasteiger partial charge on any atom is 0.309 e. The summed E-state index contributed by atoms with van der Waals surface area (Å²) < 4.78 is 0. The van der Waals surface area contributed by atoms with Crippen LogP contribution >= 0.6 is 0 Å². The molecule has 8 nitrogen and oxygen atoms in total. The van der Waals surface area contributed by atoms with Crippen LogP contribution in [-0.4, -0.2) is 20.9 Å². The van der Waals surface area contributed by atoms with Crippen LogP contribution in [0, 0.1) is 25.6 Å². The summed E-state index contributed by atoms with van der Waals surface area (Å²) in [6.07, 6.45) is 0.226. The maximum atomic E-state index is 11.2. The molecule has 1 aromatic carbocycles. The Labute approximate surface area is 114 Å². The zero-order valence-corrected chi connectivity index (χ0v) is 11.0. The van der Waals surface area contributed by atoms with E-state index in [0.717, 1.165) is 12.1 Å². The number of carbonyl (C=O) groups is 1. The lowest BCUT2D eigenvalue weighted by molar-refractivity contribution is -0.394. The van der Waals surface area contributed by atoms with Crippen LogP contribution in [0.5, 0.6) is 0 Å². The molecule has 0 fully saturated rings. The van der Waals surface area contributed by atoms with E-state index in [4.69, 9.17) is 0 Å². The molecule has 108 valence electrons. The molecule has 1 aromatic rings. The standard InChI is InChI=1S/C12H14N2O6/c1-3-12(2,11(15)16)7-8-4-5-9(13(17)18)6-10(8)14(19)20/h4-6H,3,7H2,1-2H3,(H,15,16). The Bertz CT molecular complexity index is 571. The number of hydrogen-bond acceptors (Lipinski definition) is 5. The second kappa shape index (κ2) is 5.64. The average molecular weight is 282 g/mol. The molecule has 1 rings (SSSR count). The fraction of sp³-hybridized carbons (Fsp3) is 0.417. The summed E-state index contributed by atoms with van der Waals surface area (Å²) in [6.45, 7) is 3.16. The SMILES string of the molecule is CCC(C)(Cc1ccc([N+](=O)[O-])cc1[N+](=O)[O-])C(=O)O. The highest BCUT2D eigenvalue weighted by molar-refractivity contribution is 5.75. The Hall–Kier alpha value is -2.51. The number of benzene rings is 1. The molecule has 1 atom stereocenters. The van der Waals surface area contributed by atoms with E-state index in [9.17, 15) is 30.1 Å². The van der Waals surface area contributed by atoms with Gasteiger partial charge >= 0.3 is 5.97 Å². The van der Waals surface area contributed by atoms with E-state index in [1.165, 1.54) is 13.0 Å². The van der Waals surface area contributed by atoms with Gasteiger partial charge < -0.3 is 5.11 Å². The number of rotatable bonds is 6. The first kappa shape index (κ1) is 15.5. The van der Waals surface area contributed by atoms with Gasteiger partial charge in [-0.2, -0.15) is 0 Å².